The summed E-state index contributed by atoms with van der Waals surface area (Å²) < 4.78 is 48.5. The summed E-state index contributed by atoms with van der Waals surface area (Å²) in [6.07, 6.45) is -0.389. The topological polar surface area (TPSA) is 80.4 Å². The van der Waals surface area contributed by atoms with E-state index in [1.54, 1.807) is 0 Å². The van der Waals surface area contributed by atoms with Gasteiger partial charge in [-0.2, -0.15) is 0 Å². The smallest absolute Gasteiger partial charge is 0.155 e. The Balaban J connectivity index is 3.26. The summed E-state index contributed by atoms with van der Waals surface area (Å²) in [6.45, 7) is 2.57. The third-order valence-electron chi connectivity index (χ3n) is 3.62. The van der Waals surface area contributed by atoms with Crippen LogP contribution in [0.15, 0.2) is 18.2 Å². The highest BCUT2D eigenvalue weighted by atomic mass is 32.2. The van der Waals surface area contributed by atoms with Gasteiger partial charge in [-0.1, -0.05) is 0 Å². The van der Waals surface area contributed by atoms with Crippen LogP contribution < -0.4 is 5.73 Å². The number of aliphatic hydroxyl groups excluding tert-OH is 1. The predicted molar refractivity (Wildman–Crippen MR) is 73.1 cm³/mol. The zero-order chi connectivity index (χ0) is 15.7. The highest BCUT2D eigenvalue weighted by molar-refractivity contribution is 7.92. The normalized spacial score (nSPS) is 15.9. The maximum Gasteiger partial charge on any atom is 0.155 e. The second-order valence-corrected chi connectivity index (χ2v) is 7.96. The Bertz CT molecular complexity index is 567. The van der Waals surface area contributed by atoms with Crippen molar-refractivity contribution in [2.75, 3.05) is 12.8 Å². The van der Waals surface area contributed by atoms with Crippen LogP contribution in [0.3, 0.4) is 0 Å². The predicted octanol–water partition coefficient (Wildman–Crippen LogP) is 1.19. The van der Waals surface area contributed by atoms with Crippen molar-refractivity contribution >= 4 is 9.84 Å². The second kappa shape index (κ2) is 5.75. The zero-order valence-corrected chi connectivity index (χ0v) is 12.4. The molecule has 20 heavy (non-hydrogen) atoms. The van der Waals surface area contributed by atoms with Gasteiger partial charge < -0.3 is 10.8 Å². The molecule has 0 amide bonds. The zero-order valence-electron chi connectivity index (χ0n) is 11.6. The molecule has 7 heteroatoms. The lowest BCUT2D eigenvalue weighted by atomic mass is 9.86. The van der Waals surface area contributed by atoms with Crippen molar-refractivity contribution in [2.24, 2.45) is 5.73 Å². The summed E-state index contributed by atoms with van der Waals surface area (Å²) >= 11 is 0. The van der Waals surface area contributed by atoms with Crippen LogP contribution in [-0.2, 0) is 9.84 Å². The highest BCUT2D eigenvalue weighted by Crippen LogP contribution is 2.31. The molecule has 1 aromatic rings. The molecule has 0 aliphatic rings. The molecule has 0 aliphatic heterocycles. The van der Waals surface area contributed by atoms with E-state index in [1.807, 2.05) is 0 Å². The molecule has 2 atom stereocenters. The number of sulfone groups is 1. The van der Waals surface area contributed by atoms with Gasteiger partial charge in [0.15, 0.2) is 9.84 Å². The summed E-state index contributed by atoms with van der Waals surface area (Å²) in [6, 6.07) is 2.79. The minimum absolute atomic E-state index is 0.134. The second-order valence-electron chi connectivity index (χ2n) is 5.37. The fourth-order valence-electron chi connectivity index (χ4n) is 1.94. The van der Waals surface area contributed by atoms with Crippen LogP contribution in [-0.4, -0.2) is 37.2 Å². The third kappa shape index (κ3) is 3.34. The molecule has 0 radical (unpaired) electrons. The molecular weight excluding hydrogens is 288 g/mol. The van der Waals surface area contributed by atoms with E-state index in [4.69, 9.17) is 5.73 Å². The molecule has 1 rings (SSSR count). The Hall–Kier alpha value is -1.05. The molecule has 2 unspecified atom stereocenters. The number of hydrogen-bond acceptors (Lipinski definition) is 4. The molecule has 3 N–H and O–H groups in total. The Kier molecular flexibility index (Phi) is 4.89. The van der Waals surface area contributed by atoms with Crippen molar-refractivity contribution in [2.45, 2.75) is 30.6 Å². The SMILES string of the molecule is CC(C)(C(O)C(CN)c1cc(F)cc(F)c1)S(C)(=O)=O. The molecule has 0 aliphatic carbocycles. The van der Waals surface area contributed by atoms with E-state index < -0.39 is 38.2 Å². The fraction of sp³-hybridized carbons (Fsp3) is 0.538. The lowest BCUT2D eigenvalue weighted by Crippen LogP contribution is -2.48. The van der Waals surface area contributed by atoms with Crippen molar-refractivity contribution in [3.63, 3.8) is 0 Å². The highest BCUT2D eigenvalue weighted by Gasteiger charge is 2.42. The van der Waals surface area contributed by atoms with Gasteiger partial charge in [-0.15, -0.1) is 0 Å². The number of halogens is 2. The molecular formula is C13H19F2NO3S. The summed E-state index contributed by atoms with van der Waals surface area (Å²) in [5.41, 5.74) is 5.68. The molecule has 0 heterocycles. The van der Waals surface area contributed by atoms with Crippen LogP contribution in [0.5, 0.6) is 0 Å². The van der Waals surface area contributed by atoms with Crippen LogP contribution in [0.1, 0.15) is 25.3 Å². The molecule has 0 bridgehead atoms. The lowest BCUT2D eigenvalue weighted by Gasteiger charge is -2.34. The molecule has 0 fully saturated rings. The van der Waals surface area contributed by atoms with Gasteiger partial charge in [-0.05, 0) is 31.5 Å². The molecule has 0 saturated heterocycles. The molecule has 4 nitrogen and oxygen atoms in total. The first-order valence-corrected chi connectivity index (χ1v) is 7.93. The first-order chi connectivity index (χ1) is 9.00. The van der Waals surface area contributed by atoms with Gasteiger partial charge in [0.05, 0.1) is 10.9 Å². The van der Waals surface area contributed by atoms with Gasteiger partial charge in [-0.3, -0.25) is 0 Å². The third-order valence-corrected chi connectivity index (χ3v) is 5.77. The van der Waals surface area contributed by atoms with Gasteiger partial charge in [0, 0.05) is 24.8 Å². The van der Waals surface area contributed by atoms with Gasteiger partial charge in [0.2, 0.25) is 0 Å². The molecule has 114 valence electrons. The summed E-state index contributed by atoms with van der Waals surface area (Å²) in [5.74, 6) is -2.49. The van der Waals surface area contributed by atoms with Gasteiger partial charge >= 0.3 is 0 Å². The summed E-state index contributed by atoms with van der Waals surface area (Å²) in [7, 11) is -3.58. The number of rotatable bonds is 5. The van der Waals surface area contributed by atoms with Crippen molar-refractivity contribution < 1.29 is 22.3 Å². The fourth-order valence-corrected chi connectivity index (χ4v) is 2.54. The Labute approximate surface area is 117 Å². The quantitative estimate of drug-likeness (QED) is 0.856. The van der Waals surface area contributed by atoms with E-state index in [0.29, 0.717) is 6.07 Å². The first kappa shape index (κ1) is 17.0. The van der Waals surface area contributed by atoms with Crippen molar-refractivity contribution in [3.05, 3.63) is 35.4 Å². The average molecular weight is 307 g/mol. The van der Waals surface area contributed by atoms with Crippen LogP contribution in [0.25, 0.3) is 0 Å². The number of aliphatic hydroxyl groups is 1. The summed E-state index contributed by atoms with van der Waals surface area (Å²) in [5, 5.41) is 10.3. The van der Waals surface area contributed by atoms with E-state index in [9.17, 15) is 22.3 Å². The largest absolute Gasteiger partial charge is 0.391 e. The summed E-state index contributed by atoms with van der Waals surface area (Å²) in [4.78, 5) is 0. The standard InChI is InChI=1S/C13H19F2NO3S/c1-13(2,20(3,18)19)12(17)11(7-16)8-4-9(14)6-10(15)5-8/h4-6,11-12,17H,7,16H2,1-3H3. The van der Waals surface area contributed by atoms with Crippen molar-refractivity contribution in [1.29, 1.82) is 0 Å². The van der Waals surface area contributed by atoms with Crippen molar-refractivity contribution in [3.8, 4) is 0 Å². The molecule has 1 aromatic carbocycles. The van der Waals surface area contributed by atoms with Crippen LogP contribution in [0, 0.1) is 11.6 Å². The van der Waals surface area contributed by atoms with E-state index >= 15 is 0 Å². The number of nitrogens with two attached hydrogens (primary N) is 1. The van der Waals surface area contributed by atoms with E-state index in [2.05, 4.69) is 0 Å². The molecule has 0 aromatic heterocycles. The minimum atomic E-state index is -3.58. The lowest BCUT2D eigenvalue weighted by molar-refractivity contribution is 0.110. The molecule has 0 spiro atoms. The van der Waals surface area contributed by atoms with Gasteiger partial charge in [0.1, 0.15) is 11.6 Å². The van der Waals surface area contributed by atoms with Crippen LogP contribution in [0.2, 0.25) is 0 Å². The monoisotopic (exact) mass is 307 g/mol. The maximum absolute atomic E-state index is 13.2. The Morgan fingerprint density at radius 2 is 1.70 bits per heavy atom. The minimum Gasteiger partial charge on any atom is -0.391 e. The number of benzene rings is 1. The van der Waals surface area contributed by atoms with Crippen LogP contribution >= 0.6 is 0 Å². The van der Waals surface area contributed by atoms with Crippen LogP contribution in [0.4, 0.5) is 8.78 Å². The van der Waals surface area contributed by atoms with Gasteiger partial charge in [0.25, 0.3) is 0 Å². The Morgan fingerprint density at radius 3 is 2.05 bits per heavy atom. The number of hydrogen-bond donors (Lipinski definition) is 2. The van der Waals surface area contributed by atoms with E-state index in [1.165, 1.54) is 13.8 Å². The molecule has 0 saturated carbocycles. The van der Waals surface area contributed by atoms with E-state index in [0.717, 1.165) is 18.4 Å². The van der Waals surface area contributed by atoms with Gasteiger partial charge in [-0.25, -0.2) is 17.2 Å². The van der Waals surface area contributed by atoms with Crippen molar-refractivity contribution in [1.82, 2.24) is 0 Å². The maximum atomic E-state index is 13.2. The van der Waals surface area contributed by atoms with E-state index in [-0.39, 0.29) is 12.1 Å². The first-order valence-electron chi connectivity index (χ1n) is 6.04. The Morgan fingerprint density at radius 1 is 1.25 bits per heavy atom. The average Bonchev–Trinajstić information content (AvgIpc) is 2.26.